The molecule has 0 atom stereocenters. The van der Waals surface area contributed by atoms with Crippen LogP contribution in [0, 0.1) is 0 Å². The van der Waals surface area contributed by atoms with Gasteiger partial charge >= 0.3 is 0 Å². The molecule has 0 radical (unpaired) electrons. The van der Waals surface area contributed by atoms with Crippen molar-refractivity contribution in [1.29, 1.82) is 0 Å². The van der Waals surface area contributed by atoms with Crippen LogP contribution in [-0.4, -0.2) is 20.6 Å². The van der Waals surface area contributed by atoms with Crippen LogP contribution >= 0.6 is 0 Å². The van der Waals surface area contributed by atoms with Gasteiger partial charge in [-0.05, 0) is 23.4 Å². The summed E-state index contributed by atoms with van der Waals surface area (Å²) in [6.07, 6.45) is 4.86. The Kier molecular flexibility index (Phi) is 2.97. The van der Waals surface area contributed by atoms with Crippen molar-refractivity contribution in [2.45, 2.75) is 0 Å². The second-order valence-corrected chi connectivity index (χ2v) is 2.67. The molecule has 15 heavy (non-hydrogen) atoms. The third-order valence-electron chi connectivity index (χ3n) is 1.67. The molecule has 0 bridgehead atoms. The smallest absolute Gasteiger partial charge is 0.166 e. The summed E-state index contributed by atoms with van der Waals surface area (Å²) < 4.78 is 4.87. The highest BCUT2D eigenvalue weighted by Crippen LogP contribution is 2.10. The molecule has 5 nitrogen and oxygen atoms in total. The molecule has 5 heteroatoms. The van der Waals surface area contributed by atoms with Gasteiger partial charge in [-0.15, -0.1) is 10.2 Å². The third-order valence-corrected chi connectivity index (χ3v) is 1.67. The topological polar surface area (TPSA) is 64.7 Å². The van der Waals surface area contributed by atoms with E-state index in [1.54, 1.807) is 24.7 Å². The molecule has 0 unspecified atom stereocenters. The average Bonchev–Trinajstić information content (AvgIpc) is 2.80. The van der Waals surface area contributed by atoms with Crippen molar-refractivity contribution in [1.82, 2.24) is 20.6 Å². The van der Waals surface area contributed by atoms with Crippen LogP contribution in [-0.2, 0) is 0 Å². The summed E-state index contributed by atoms with van der Waals surface area (Å²) in [5.41, 5.74) is 0.845. The molecular weight excluding hydrogens is 192 g/mol. The molecule has 3 rings (SSSR count). The fourth-order valence-corrected chi connectivity index (χ4v) is 1.02. The predicted octanol–water partition coefficient (Wildman–Crippen LogP) is 1.70. The summed E-state index contributed by atoms with van der Waals surface area (Å²) in [6, 6.07) is 9.45. The van der Waals surface area contributed by atoms with Crippen LogP contribution in [0.1, 0.15) is 0 Å². The zero-order valence-corrected chi connectivity index (χ0v) is 7.82. The number of rotatable bonds is 0. The quantitative estimate of drug-likeness (QED) is 0.552. The highest BCUT2D eigenvalue weighted by molar-refractivity contribution is 5.75. The maximum absolute atomic E-state index is 4.87. The normalized spacial score (nSPS) is 9.33. The summed E-state index contributed by atoms with van der Waals surface area (Å²) in [6.45, 7) is 0. The molecule has 2 heterocycles. The Bertz CT molecular complexity index is 452. The van der Waals surface area contributed by atoms with E-state index in [1.165, 1.54) is 0 Å². The standard InChI is InChI=1S/C7H5NO.C3H3N3/c1-2-4-7-6(3-1)5-8-9-7;1-2-4-6-5-3-1/h1-5H;1-3H. The van der Waals surface area contributed by atoms with Crippen LogP contribution < -0.4 is 0 Å². The number of hydrogen-bond donors (Lipinski definition) is 0. The van der Waals surface area contributed by atoms with E-state index in [0.717, 1.165) is 11.0 Å². The van der Waals surface area contributed by atoms with Crippen molar-refractivity contribution in [2.24, 2.45) is 0 Å². The van der Waals surface area contributed by atoms with Crippen LogP contribution in [0.25, 0.3) is 11.0 Å². The molecular formula is C10H8N4O. The maximum atomic E-state index is 4.87. The van der Waals surface area contributed by atoms with Crippen molar-refractivity contribution in [3.63, 3.8) is 0 Å². The monoisotopic (exact) mass is 200 g/mol. The molecule has 0 saturated heterocycles. The number of hydrogen-bond acceptors (Lipinski definition) is 5. The summed E-state index contributed by atoms with van der Waals surface area (Å²) in [7, 11) is 0. The number of nitrogens with zero attached hydrogens (tertiary/aromatic N) is 4. The Balaban J connectivity index is 0.000000124. The van der Waals surface area contributed by atoms with Gasteiger partial charge in [-0.2, -0.15) is 0 Å². The van der Waals surface area contributed by atoms with E-state index in [9.17, 15) is 0 Å². The largest absolute Gasteiger partial charge is 0.356 e. The molecule has 2 aromatic heterocycles. The molecule has 1 aromatic carbocycles. The molecule has 0 aliphatic heterocycles. The predicted molar refractivity (Wildman–Crippen MR) is 53.8 cm³/mol. The lowest BCUT2D eigenvalue weighted by atomic mass is 10.3. The first-order valence-electron chi connectivity index (χ1n) is 4.34. The number of benzene rings is 1. The Morgan fingerprint density at radius 1 is 0.933 bits per heavy atom. The number of para-hydroxylation sites is 1. The number of fused-ring (bicyclic) bond motifs is 1. The highest BCUT2D eigenvalue weighted by Gasteiger charge is 1.91. The minimum absolute atomic E-state index is 0.845. The van der Waals surface area contributed by atoms with Crippen molar-refractivity contribution in [3.05, 3.63) is 48.9 Å². The summed E-state index contributed by atoms with van der Waals surface area (Å²) in [5, 5.41) is 14.8. The van der Waals surface area contributed by atoms with Gasteiger partial charge in [0.1, 0.15) is 0 Å². The molecule has 3 aromatic rings. The van der Waals surface area contributed by atoms with E-state index in [4.69, 9.17) is 4.52 Å². The first-order chi connectivity index (χ1) is 7.47. The van der Waals surface area contributed by atoms with E-state index in [2.05, 4.69) is 20.6 Å². The lowest BCUT2D eigenvalue weighted by Crippen LogP contribution is -1.78. The van der Waals surface area contributed by atoms with Crippen LogP contribution in [0.4, 0.5) is 0 Å². The third kappa shape index (κ3) is 2.57. The Hall–Kier alpha value is -2.30. The number of aromatic nitrogens is 4. The molecule has 0 saturated carbocycles. The van der Waals surface area contributed by atoms with Gasteiger partial charge in [0, 0.05) is 5.39 Å². The van der Waals surface area contributed by atoms with Crippen molar-refractivity contribution in [3.8, 4) is 0 Å². The van der Waals surface area contributed by atoms with E-state index in [1.807, 2.05) is 24.3 Å². The van der Waals surface area contributed by atoms with Gasteiger partial charge in [-0.3, -0.25) is 0 Å². The highest BCUT2D eigenvalue weighted by atomic mass is 16.5. The Morgan fingerprint density at radius 2 is 1.73 bits per heavy atom. The first kappa shape index (κ1) is 9.26. The first-order valence-corrected chi connectivity index (χ1v) is 4.34. The Labute approximate surface area is 85.7 Å². The Morgan fingerprint density at radius 3 is 2.33 bits per heavy atom. The van der Waals surface area contributed by atoms with Crippen LogP contribution in [0.15, 0.2) is 53.4 Å². The van der Waals surface area contributed by atoms with E-state index >= 15 is 0 Å². The molecule has 74 valence electrons. The van der Waals surface area contributed by atoms with Gasteiger partial charge < -0.3 is 4.52 Å². The molecule has 0 aliphatic carbocycles. The summed E-state index contributed by atoms with van der Waals surface area (Å²) in [5.74, 6) is 0. The van der Waals surface area contributed by atoms with Crippen molar-refractivity contribution >= 4 is 11.0 Å². The van der Waals surface area contributed by atoms with Gasteiger partial charge in [0.15, 0.2) is 5.58 Å². The van der Waals surface area contributed by atoms with Crippen LogP contribution in [0.5, 0.6) is 0 Å². The van der Waals surface area contributed by atoms with Crippen LogP contribution in [0.2, 0.25) is 0 Å². The van der Waals surface area contributed by atoms with Gasteiger partial charge in [0.05, 0.1) is 18.6 Å². The van der Waals surface area contributed by atoms with Gasteiger partial charge in [-0.1, -0.05) is 17.3 Å². The van der Waals surface area contributed by atoms with Gasteiger partial charge in [0.2, 0.25) is 0 Å². The van der Waals surface area contributed by atoms with Crippen LogP contribution in [0.3, 0.4) is 0 Å². The van der Waals surface area contributed by atoms with E-state index in [-0.39, 0.29) is 0 Å². The molecule has 0 N–H and O–H groups in total. The minimum Gasteiger partial charge on any atom is -0.356 e. The second kappa shape index (κ2) is 4.80. The maximum Gasteiger partial charge on any atom is 0.166 e. The zero-order valence-electron chi connectivity index (χ0n) is 7.82. The zero-order chi connectivity index (χ0) is 10.3. The van der Waals surface area contributed by atoms with Crippen molar-refractivity contribution < 1.29 is 4.52 Å². The lowest BCUT2D eigenvalue weighted by Gasteiger charge is -1.78. The second-order valence-electron chi connectivity index (χ2n) is 2.67. The van der Waals surface area contributed by atoms with Crippen molar-refractivity contribution in [2.75, 3.05) is 0 Å². The SMILES string of the molecule is c1ccc2oncc2c1.c1cnnnc1. The fraction of sp³-hybridized carbons (Fsp3) is 0. The minimum atomic E-state index is 0.845. The lowest BCUT2D eigenvalue weighted by molar-refractivity contribution is 0.456. The molecule has 0 spiro atoms. The molecule has 0 amide bonds. The summed E-state index contributed by atoms with van der Waals surface area (Å²) >= 11 is 0. The molecule has 0 fully saturated rings. The average molecular weight is 200 g/mol. The molecule has 0 aliphatic rings. The van der Waals surface area contributed by atoms with E-state index < -0.39 is 0 Å². The van der Waals surface area contributed by atoms with E-state index in [0.29, 0.717) is 0 Å². The fourth-order valence-electron chi connectivity index (χ4n) is 1.02. The van der Waals surface area contributed by atoms with Gasteiger partial charge in [0.25, 0.3) is 0 Å². The van der Waals surface area contributed by atoms with Gasteiger partial charge in [-0.25, -0.2) is 0 Å². The summed E-state index contributed by atoms with van der Waals surface area (Å²) in [4.78, 5) is 0.